The first-order chi connectivity index (χ1) is 14.0. The van der Waals surface area contributed by atoms with Crippen LogP contribution in [-0.2, 0) is 16.0 Å². The summed E-state index contributed by atoms with van der Waals surface area (Å²) in [6, 6.07) is 6.41. The summed E-state index contributed by atoms with van der Waals surface area (Å²) in [7, 11) is 3.31. The Morgan fingerprint density at radius 2 is 2.03 bits per heavy atom. The maximum atomic E-state index is 12.6. The average molecular weight is 408 g/mol. The van der Waals surface area contributed by atoms with Gasteiger partial charge in [0.15, 0.2) is 0 Å². The molecule has 1 atom stereocenters. The molecule has 2 heterocycles. The number of hydrogen-bond acceptors (Lipinski definition) is 6. The molecule has 0 amide bonds. The van der Waals surface area contributed by atoms with Crippen LogP contribution in [0.5, 0.6) is 0 Å². The molecule has 0 fully saturated rings. The molecule has 1 aliphatic carbocycles. The molecule has 4 rings (SSSR count). The van der Waals surface area contributed by atoms with E-state index in [9.17, 15) is 14.9 Å². The van der Waals surface area contributed by atoms with Crippen molar-refractivity contribution in [3.63, 3.8) is 0 Å². The van der Waals surface area contributed by atoms with Gasteiger partial charge in [-0.25, -0.2) is 4.79 Å². The molecule has 0 saturated carbocycles. The fourth-order valence-corrected chi connectivity index (χ4v) is 5.34. The zero-order valence-electron chi connectivity index (χ0n) is 16.1. The van der Waals surface area contributed by atoms with Crippen LogP contribution in [0.3, 0.4) is 0 Å². The highest BCUT2D eigenvalue weighted by Crippen LogP contribution is 2.50. The summed E-state index contributed by atoms with van der Waals surface area (Å²) in [6.45, 7) is 0. The largest absolute Gasteiger partial charge is 0.466 e. The van der Waals surface area contributed by atoms with Crippen molar-refractivity contribution in [2.75, 3.05) is 19.1 Å². The lowest BCUT2D eigenvalue weighted by molar-refractivity contribution is -0.384. The number of non-ortho nitro benzene ring substituents is 1. The van der Waals surface area contributed by atoms with Crippen molar-refractivity contribution in [1.29, 1.82) is 0 Å². The Labute approximate surface area is 172 Å². The number of ether oxygens (including phenoxy) is 1. The number of esters is 1. The van der Waals surface area contributed by atoms with Crippen LogP contribution >= 0.6 is 11.3 Å². The third-order valence-corrected chi connectivity index (χ3v) is 6.46. The minimum absolute atomic E-state index is 0.0259. The van der Waals surface area contributed by atoms with Gasteiger partial charge in [0, 0.05) is 35.1 Å². The number of methoxy groups -OCH3 is 1. The lowest BCUT2D eigenvalue weighted by Gasteiger charge is -2.30. The third kappa shape index (κ3) is 3.38. The van der Waals surface area contributed by atoms with E-state index >= 15 is 0 Å². The van der Waals surface area contributed by atoms with Gasteiger partial charge in [-0.3, -0.25) is 10.1 Å². The predicted octanol–water partition coefficient (Wildman–Crippen LogP) is 4.81. The molecule has 7 heteroatoms. The molecule has 1 unspecified atom stereocenters. The topological polar surface area (TPSA) is 72.7 Å². The molecule has 0 spiro atoms. The van der Waals surface area contributed by atoms with Gasteiger partial charge in [-0.2, -0.15) is 0 Å². The molecule has 1 aliphatic heterocycles. The van der Waals surface area contributed by atoms with E-state index in [0.717, 1.165) is 29.0 Å². The number of nitro benzene ring substituents is 1. The van der Waals surface area contributed by atoms with Gasteiger partial charge in [-0.05, 0) is 30.0 Å². The molecule has 0 radical (unpaired) electrons. The number of hydrogen-bond donors (Lipinski definition) is 0. The Bertz CT molecular complexity index is 1060. The molecule has 6 nitrogen and oxygen atoms in total. The Morgan fingerprint density at radius 3 is 2.72 bits per heavy atom. The van der Waals surface area contributed by atoms with Crippen LogP contribution < -0.4 is 4.90 Å². The van der Waals surface area contributed by atoms with E-state index in [1.807, 2.05) is 24.2 Å². The zero-order valence-corrected chi connectivity index (χ0v) is 16.9. The van der Waals surface area contributed by atoms with Gasteiger partial charge in [-0.15, -0.1) is 11.3 Å². The van der Waals surface area contributed by atoms with Crippen LogP contribution in [0.1, 0.15) is 33.2 Å². The monoisotopic (exact) mass is 408 g/mol. The van der Waals surface area contributed by atoms with E-state index in [0.29, 0.717) is 5.57 Å². The number of thiophene rings is 1. The van der Waals surface area contributed by atoms with Crippen LogP contribution in [0.25, 0.3) is 6.08 Å². The fourth-order valence-electron chi connectivity index (χ4n) is 3.89. The normalized spacial score (nSPS) is 19.9. The number of nitro groups is 1. The summed E-state index contributed by atoms with van der Waals surface area (Å²) in [5, 5.41) is 11.0. The quantitative estimate of drug-likeness (QED) is 0.414. The van der Waals surface area contributed by atoms with Crippen LogP contribution in [-0.4, -0.2) is 25.1 Å². The van der Waals surface area contributed by atoms with Crippen molar-refractivity contribution < 1.29 is 14.5 Å². The summed E-state index contributed by atoms with van der Waals surface area (Å²) in [4.78, 5) is 27.4. The third-order valence-electron chi connectivity index (χ3n) is 5.21. The number of carbonyl (C=O) groups is 1. The van der Waals surface area contributed by atoms with Crippen LogP contribution in [0.15, 0.2) is 54.3 Å². The molecule has 148 valence electrons. The molecule has 1 aromatic carbocycles. The molecule has 0 N–H and O–H groups in total. The summed E-state index contributed by atoms with van der Waals surface area (Å²) in [5.74, 6) is -0.724. The Kier molecular flexibility index (Phi) is 5.07. The van der Waals surface area contributed by atoms with Gasteiger partial charge in [0.05, 0.1) is 29.2 Å². The second-order valence-corrected chi connectivity index (χ2v) is 8.04. The highest BCUT2D eigenvalue weighted by molar-refractivity contribution is 7.14. The second-order valence-electron chi connectivity index (χ2n) is 6.95. The van der Waals surface area contributed by atoms with Crippen molar-refractivity contribution in [2.45, 2.75) is 18.8 Å². The van der Waals surface area contributed by atoms with Crippen molar-refractivity contribution in [3.05, 3.63) is 85.3 Å². The number of rotatable bonds is 3. The van der Waals surface area contributed by atoms with Gasteiger partial charge in [0.1, 0.15) is 0 Å². The Hall–Kier alpha value is -3.19. The lowest BCUT2D eigenvalue weighted by Crippen LogP contribution is -2.25. The summed E-state index contributed by atoms with van der Waals surface area (Å²) in [6.07, 6.45) is 12.0. The maximum absolute atomic E-state index is 12.6. The molecular weight excluding hydrogens is 388 g/mol. The van der Waals surface area contributed by atoms with Crippen LogP contribution in [0.2, 0.25) is 0 Å². The van der Waals surface area contributed by atoms with Crippen molar-refractivity contribution in [3.8, 4) is 0 Å². The van der Waals surface area contributed by atoms with Crippen LogP contribution in [0.4, 0.5) is 11.4 Å². The number of fused-ring (bicyclic) bond motifs is 3. The lowest BCUT2D eigenvalue weighted by atomic mass is 9.86. The van der Waals surface area contributed by atoms with Gasteiger partial charge >= 0.3 is 5.97 Å². The summed E-state index contributed by atoms with van der Waals surface area (Å²) < 4.78 is 5.05. The Morgan fingerprint density at radius 1 is 1.28 bits per heavy atom. The van der Waals surface area contributed by atoms with Crippen molar-refractivity contribution in [2.24, 2.45) is 0 Å². The average Bonchev–Trinajstić information content (AvgIpc) is 3.05. The smallest absolute Gasteiger partial charge is 0.336 e. The molecule has 2 aromatic rings. The molecule has 29 heavy (non-hydrogen) atoms. The number of allylic oxidation sites excluding steroid dienone is 3. The standard InChI is InChI=1S/C22H20N2O4S/c1-23-13-17(22(25)28-2)19(14-9-11-15(12-10-14)24(26)27)21-20(23)16-7-5-3-4-6-8-18(16)29-21/h3-4,6,8-13,19H,5,7H2,1-2H3/b4-3-,8-6-. The number of anilines is 1. The minimum Gasteiger partial charge on any atom is -0.466 e. The molecule has 1 aromatic heterocycles. The van der Waals surface area contributed by atoms with Crippen molar-refractivity contribution >= 4 is 34.8 Å². The summed E-state index contributed by atoms with van der Waals surface area (Å²) >= 11 is 1.66. The minimum atomic E-state index is -0.421. The van der Waals surface area contributed by atoms with E-state index in [1.165, 1.54) is 29.7 Å². The first-order valence-electron chi connectivity index (χ1n) is 9.27. The van der Waals surface area contributed by atoms with Gasteiger partial charge < -0.3 is 9.64 Å². The van der Waals surface area contributed by atoms with E-state index in [-0.39, 0.29) is 11.6 Å². The van der Waals surface area contributed by atoms with Gasteiger partial charge in [0.2, 0.25) is 0 Å². The predicted molar refractivity (Wildman–Crippen MR) is 114 cm³/mol. The van der Waals surface area contributed by atoms with Gasteiger partial charge in [-0.1, -0.05) is 30.4 Å². The fraction of sp³-hybridized carbons (Fsp3) is 0.227. The second kappa shape index (κ2) is 7.67. The van der Waals surface area contributed by atoms with E-state index in [4.69, 9.17) is 4.74 Å². The first-order valence-corrected chi connectivity index (χ1v) is 10.1. The number of nitrogens with zero attached hydrogens (tertiary/aromatic N) is 2. The summed E-state index contributed by atoms with van der Waals surface area (Å²) in [5.41, 5.74) is 3.75. The molecule has 0 bridgehead atoms. The van der Waals surface area contributed by atoms with E-state index < -0.39 is 10.9 Å². The van der Waals surface area contributed by atoms with E-state index in [1.54, 1.807) is 23.5 Å². The zero-order chi connectivity index (χ0) is 20.5. The molecule has 2 aliphatic rings. The molecule has 0 saturated heterocycles. The van der Waals surface area contributed by atoms with Crippen molar-refractivity contribution in [1.82, 2.24) is 0 Å². The first kappa shape index (κ1) is 19.1. The highest BCUT2D eigenvalue weighted by Gasteiger charge is 2.36. The highest BCUT2D eigenvalue weighted by atomic mass is 32.1. The maximum Gasteiger partial charge on any atom is 0.336 e. The number of benzene rings is 1. The number of carbonyl (C=O) groups excluding carboxylic acids is 1. The van der Waals surface area contributed by atoms with Crippen LogP contribution in [0, 0.1) is 10.1 Å². The Balaban J connectivity index is 1.89. The van der Waals surface area contributed by atoms with Gasteiger partial charge in [0.25, 0.3) is 5.69 Å². The molecular formula is C22H20N2O4S. The van der Waals surface area contributed by atoms with E-state index in [2.05, 4.69) is 18.2 Å². The SMILES string of the molecule is COC(=O)C1=CN(C)c2c(sc3c2CC/C=C\C=C/3)C1c1ccc([N+](=O)[O-])cc1.